The van der Waals surface area contributed by atoms with Crippen molar-refractivity contribution in [1.29, 1.82) is 0 Å². The molecule has 0 radical (unpaired) electrons. The minimum absolute atomic E-state index is 0.0928. The molecule has 18 heavy (non-hydrogen) atoms. The first-order valence-electron chi connectivity index (χ1n) is 5.17. The van der Waals surface area contributed by atoms with Gasteiger partial charge >= 0.3 is 0 Å². The smallest absolute Gasteiger partial charge is 0.172 e. The van der Waals surface area contributed by atoms with Gasteiger partial charge in [-0.2, -0.15) is 0 Å². The Hall–Kier alpha value is -1.21. The van der Waals surface area contributed by atoms with Crippen LogP contribution >= 0.6 is 0 Å². The van der Waals surface area contributed by atoms with Gasteiger partial charge in [-0.3, -0.25) is 0 Å². The molecule has 1 aliphatic heterocycles. The van der Waals surface area contributed by atoms with Crippen LogP contribution in [0.25, 0.3) is 0 Å². The first-order valence-corrected chi connectivity index (χ1v) is 8.60. The van der Waals surface area contributed by atoms with E-state index in [1.54, 1.807) is 0 Å². The average molecular weight is 290 g/mol. The molecule has 0 fully saturated rings. The van der Waals surface area contributed by atoms with Crippen molar-refractivity contribution in [3.05, 3.63) is 47.1 Å². The van der Waals surface area contributed by atoms with Gasteiger partial charge in [-0.05, 0) is 6.07 Å². The van der Waals surface area contributed by atoms with Crippen LogP contribution < -0.4 is 0 Å². The summed E-state index contributed by atoms with van der Waals surface area (Å²) in [6.07, 6.45) is 1.09. The topological polar surface area (TPSA) is 68.3 Å². The lowest BCUT2D eigenvalue weighted by Crippen LogP contribution is -2.22. The summed E-state index contributed by atoms with van der Waals surface area (Å²) in [5, 5.41) is -0.468. The number of benzene rings is 1. The highest BCUT2D eigenvalue weighted by Gasteiger charge is 2.34. The van der Waals surface area contributed by atoms with E-state index in [1.807, 2.05) is 0 Å². The Labute approximate surface area is 105 Å². The van der Waals surface area contributed by atoms with Gasteiger partial charge in [0.15, 0.2) is 19.7 Å². The largest absolute Gasteiger partial charge is 0.228 e. The Morgan fingerprint density at radius 1 is 1.11 bits per heavy atom. The van der Waals surface area contributed by atoms with Crippen molar-refractivity contribution in [1.82, 2.24) is 0 Å². The van der Waals surface area contributed by atoms with Gasteiger partial charge in [-0.25, -0.2) is 21.2 Å². The molecule has 0 aliphatic carbocycles. The molecule has 0 amide bonds. The Bertz CT molecular complexity index is 690. The van der Waals surface area contributed by atoms with Gasteiger partial charge in [0.1, 0.15) is 11.1 Å². The molecule has 1 aromatic rings. The van der Waals surface area contributed by atoms with E-state index in [0.717, 1.165) is 17.6 Å². The van der Waals surface area contributed by atoms with Gasteiger partial charge in [0.2, 0.25) is 0 Å². The minimum Gasteiger partial charge on any atom is -0.228 e. The molecule has 0 N–H and O–H groups in total. The second-order valence-corrected chi connectivity index (χ2v) is 8.20. The monoisotopic (exact) mass is 290 g/mol. The molecule has 98 valence electrons. The number of hydrogen-bond donors (Lipinski definition) is 0. The van der Waals surface area contributed by atoms with Gasteiger partial charge < -0.3 is 0 Å². The summed E-state index contributed by atoms with van der Waals surface area (Å²) in [5.74, 6) is -1.72. The molecule has 0 spiro atoms. The zero-order valence-corrected chi connectivity index (χ0v) is 10.9. The van der Waals surface area contributed by atoms with Gasteiger partial charge in [-0.15, -0.1) is 0 Å². The number of hydrogen-bond acceptors (Lipinski definition) is 4. The highest BCUT2D eigenvalue weighted by molar-refractivity contribution is 7.97. The molecular formula is C11H11FO4S2. The third kappa shape index (κ3) is 2.62. The molecule has 1 aromatic carbocycles. The zero-order valence-electron chi connectivity index (χ0n) is 9.28. The van der Waals surface area contributed by atoms with E-state index >= 15 is 0 Å². The SMILES string of the molecule is O=S1(=O)C=CCS(=O)(=O)C(c2ccccc2F)C1. The fourth-order valence-electron chi connectivity index (χ4n) is 1.83. The van der Waals surface area contributed by atoms with Crippen molar-refractivity contribution in [2.75, 3.05) is 11.5 Å². The molecule has 2 rings (SSSR count). The van der Waals surface area contributed by atoms with Crippen LogP contribution in [-0.4, -0.2) is 28.3 Å². The highest BCUT2D eigenvalue weighted by atomic mass is 32.2. The fourth-order valence-corrected chi connectivity index (χ4v) is 5.62. The molecule has 0 bridgehead atoms. The standard InChI is InChI=1S/C11H11FO4S2/c12-10-5-2-1-4-9(10)11-8-17(13,14)6-3-7-18(11,15)16/h1-6,11H,7-8H2. The van der Waals surface area contributed by atoms with Crippen molar-refractivity contribution < 1.29 is 21.2 Å². The predicted octanol–water partition coefficient (Wildman–Crippen LogP) is 1.22. The summed E-state index contributed by atoms with van der Waals surface area (Å²) in [4.78, 5) is 0. The van der Waals surface area contributed by atoms with Crippen LogP contribution in [0.2, 0.25) is 0 Å². The lowest BCUT2D eigenvalue weighted by atomic mass is 10.1. The van der Waals surface area contributed by atoms with Crippen molar-refractivity contribution in [2.24, 2.45) is 0 Å². The summed E-state index contributed by atoms with van der Waals surface area (Å²) in [6, 6.07) is 5.34. The third-order valence-corrected chi connectivity index (χ3v) is 6.26. The Balaban J connectivity index is 2.58. The number of sulfone groups is 2. The van der Waals surface area contributed by atoms with Gasteiger partial charge in [0, 0.05) is 11.0 Å². The third-order valence-electron chi connectivity index (χ3n) is 2.70. The van der Waals surface area contributed by atoms with Crippen LogP contribution in [0.15, 0.2) is 35.7 Å². The van der Waals surface area contributed by atoms with Crippen molar-refractivity contribution in [3.63, 3.8) is 0 Å². The van der Waals surface area contributed by atoms with E-state index in [4.69, 9.17) is 0 Å². The molecule has 4 nitrogen and oxygen atoms in total. The van der Waals surface area contributed by atoms with Gasteiger partial charge in [-0.1, -0.05) is 24.3 Å². The van der Waals surface area contributed by atoms with E-state index < -0.39 is 42.2 Å². The molecule has 0 aromatic heterocycles. The summed E-state index contributed by atoms with van der Waals surface area (Å²) >= 11 is 0. The van der Waals surface area contributed by atoms with Crippen LogP contribution in [0.4, 0.5) is 4.39 Å². The van der Waals surface area contributed by atoms with E-state index in [-0.39, 0.29) is 5.56 Å². The van der Waals surface area contributed by atoms with Gasteiger partial charge in [0.25, 0.3) is 0 Å². The molecular weight excluding hydrogens is 279 g/mol. The maximum atomic E-state index is 13.6. The summed E-state index contributed by atoms with van der Waals surface area (Å²) < 4.78 is 60.7. The van der Waals surface area contributed by atoms with Crippen molar-refractivity contribution >= 4 is 19.7 Å². The lowest BCUT2D eigenvalue weighted by molar-refractivity contribution is 0.571. The van der Waals surface area contributed by atoms with Crippen LogP contribution in [0.3, 0.4) is 0 Å². The zero-order chi connectivity index (χ0) is 13.4. The first-order chi connectivity index (χ1) is 8.32. The van der Waals surface area contributed by atoms with E-state index in [9.17, 15) is 21.2 Å². The molecule has 1 atom stereocenters. The molecule has 1 unspecified atom stereocenters. The normalized spacial score (nSPS) is 25.5. The average Bonchev–Trinajstić information content (AvgIpc) is 2.36. The Morgan fingerprint density at radius 2 is 1.78 bits per heavy atom. The lowest BCUT2D eigenvalue weighted by Gasteiger charge is -2.15. The molecule has 0 saturated heterocycles. The van der Waals surface area contributed by atoms with E-state index in [0.29, 0.717) is 0 Å². The second kappa shape index (κ2) is 4.47. The summed E-state index contributed by atoms with van der Waals surface area (Å²) in [7, 11) is -7.34. The van der Waals surface area contributed by atoms with Crippen LogP contribution in [0.5, 0.6) is 0 Å². The van der Waals surface area contributed by atoms with Gasteiger partial charge in [0.05, 0.1) is 11.5 Å². The van der Waals surface area contributed by atoms with Crippen molar-refractivity contribution in [3.8, 4) is 0 Å². The maximum absolute atomic E-state index is 13.6. The van der Waals surface area contributed by atoms with Crippen molar-refractivity contribution in [2.45, 2.75) is 5.25 Å². The summed E-state index contributed by atoms with van der Waals surface area (Å²) in [6.45, 7) is 0. The molecule has 7 heteroatoms. The Kier molecular flexibility index (Phi) is 3.29. The number of rotatable bonds is 1. The van der Waals surface area contributed by atoms with Crippen LogP contribution in [0.1, 0.15) is 10.8 Å². The maximum Gasteiger partial charge on any atom is 0.172 e. The quantitative estimate of drug-likeness (QED) is 0.780. The minimum atomic E-state index is -3.71. The second-order valence-electron chi connectivity index (χ2n) is 4.04. The van der Waals surface area contributed by atoms with E-state index in [2.05, 4.69) is 0 Å². The number of halogens is 1. The highest BCUT2D eigenvalue weighted by Crippen LogP contribution is 2.29. The summed E-state index contributed by atoms with van der Waals surface area (Å²) in [5.41, 5.74) is -0.0928. The fraction of sp³-hybridized carbons (Fsp3) is 0.273. The van der Waals surface area contributed by atoms with E-state index in [1.165, 1.54) is 18.2 Å². The molecule has 0 saturated carbocycles. The molecule has 1 aliphatic rings. The molecule has 1 heterocycles. The first kappa shape index (κ1) is 13.2. The predicted molar refractivity (Wildman–Crippen MR) is 65.9 cm³/mol. The Morgan fingerprint density at radius 3 is 2.44 bits per heavy atom. The van der Waals surface area contributed by atoms with Crippen LogP contribution in [-0.2, 0) is 19.7 Å². The van der Waals surface area contributed by atoms with Crippen LogP contribution in [0, 0.1) is 5.82 Å².